The van der Waals surface area contributed by atoms with Gasteiger partial charge in [0, 0.05) is 5.69 Å². The summed E-state index contributed by atoms with van der Waals surface area (Å²) in [6, 6.07) is 8.07. The quantitative estimate of drug-likeness (QED) is 0.716. The molecule has 0 fully saturated rings. The van der Waals surface area contributed by atoms with Gasteiger partial charge >= 0.3 is 0 Å². The number of nitrogens with one attached hydrogen (secondary N) is 1. The molecule has 84 valence electrons. The number of hydrogen-bond donors (Lipinski definition) is 1. The molecule has 0 bridgehead atoms. The van der Waals surface area contributed by atoms with Gasteiger partial charge in [-0.25, -0.2) is 14.4 Å². The minimum atomic E-state index is -0.260. The van der Waals surface area contributed by atoms with Gasteiger partial charge in [0.15, 0.2) is 5.65 Å². The first kappa shape index (κ1) is 10.2. The number of aromatic nitrogens is 3. The van der Waals surface area contributed by atoms with Crippen molar-refractivity contribution in [2.24, 2.45) is 0 Å². The Bertz CT molecular complexity index is 676. The summed E-state index contributed by atoms with van der Waals surface area (Å²) in [6.07, 6.45) is 1.49. The van der Waals surface area contributed by atoms with Crippen LogP contribution in [0.1, 0.15) is 0 Å². The van der Waals surface area contributed by atoms with Gasteiger partial charge < -0.3 is 4.98 Å². The van der Waals surface area contributed by atoms with Crippen LogP contribution in [-0.2, 0) is 0 Å². The average molecular weight is 248 g/mol. The lowest BCUT2D eigenvalue weighted by molar-refractivity contribution is 0.628. The molecule has 3 rings (SSSR count). The largest absolute Gasteiger partial charge is 0.338 e. The van der Waals surface area contributed by atoms with Crippen molar-refractivity contribution < 1.29 is 4.39 Å². The third kappa shape index (κ3) is 1.87. The van der Waals surface area contributed by atoms with E-state index in [0.717, 1.165) is 16.8 Å². The van der Waals surface area contributed by atoms with Crippen molar-refractivity contribution in [2.75, 3.05) is 0 Å². The molecule has 0 amide bonds. The summed E-state index contributed by atoms with van der Waals surface area (Å²) in [6.45, 7) is 0. The standard InChI is InChI=1S/C12H7ClFN3/c13-11-6-15-10-5-9(16-12(10)17-11)7-1-3-8(14)4-2-7/h1-6H,(H,16,17). The third-order valence-electron chi connectivity index (χ3n) is 2.46. The first-order valence-corrected chi connectivity index (χ1v) is 5.37. The first-order valence-electron chi connectivity index (χ1n) is 4.99. The zero-order valence-electron chi connectivity index (χ0n) is 8.61. The maximum Gasteiger partial charge on any atom is 0.158 e. The molecule has 0 radical (unpaired) electrons. The number of benzene rings is 1. The van der Waals surface area contributed by atoms with Crippen LogP contribution < -0.4 is 0 Å². The molecule has 5 heteroatoms. The maximum atomic E-state index is 12.8. The predicted molar refractivity (Wildman–Crippen MR) is 64.3 cm³/mol. The molecule has 0 unspecified atom stereocenters. The van der Waals surface area contributed by atoms with Crippen LogP contribution in [0.4, 0.5) is 4.39 Å². The topological polar surface area (TPSA) is 41.6 Å². The molecule has 1 aromatic carbocycles. The van der Waals surface area contributed by atoms with E-state index in [1.165, 1.54) is 18.3 Å². The van der Waals surface area contributed by atoms with E-state index < -0.39 is 0 Å². The predicted octanol–water partition coefficient (Wildman–Crippen LogP) is 3.42. The molecule has 0 saturated carbocycles. The molecule has 0 aliphatic carbocycles. The van der Waals surface area contributed by atoms with Crippen molar-refractivity contribution >= 4 is 22.8 Å². The zero-order chi connectivity index (χ0) is 11.8. The number of H-pyrrole nitrogens is 1. The summed E-state index contributed by atoms with van der Waals surface area (Å²) < 4.78 is 12.8. The Labute approximate surface area is 101 Å². The fourth-order valence-corrected chi connectivity index (χ4v) is 1.79. The molecule has 2 heterocycles. The Morgan fingerprint density at radius 2 is 1.94 bits per heavy atom. The van der Waals surface area contributed by atoms with Crippen molar-refractivity contribution in [1.29, 1.82) is 0 Å². The van der Waals surface area contributed by atoms with Crippen LogP contribution in [-0.4, -0.2) is 15.0 Å². The van der Waals surface area contributed by atoms with E-state index in [4.69, 9.17) is 11.6 Å². The van der Waals surface area contributed by atoms with E-state index in [-0.39, 0.29) is 5.82 Å². The van der Waals surface area contributed by atoms with E-state index in [1.807, 2.05) is 6.07 Å². The van der Waals surface area contributed by atoms with Crippen LogP contribution in [0.5, 0.6) is 0 Å². The molecule has 3 aromatic rings. The van der Waals surface area contributed by atoms with Crippen LogP contribution in [0, 0.1) is 5.82 Å². The molecular weight excluding hydrogens is 241 g/mol. The van der Waals surface area contributed by atoms with E-state index in [1.54, 1.807) is 12.1 Å². The smallest absolute Gasteiger partial charge is 0.158 e. The van der Waals surface area contributed by atoms with Gasteiger partial charge in [0.25, 0.3) is 0 Å². The Morgan fingerprint density at radius 1 is 1.18 bits per heavy atom. The normalized spacial score (nSPS) is 10.9. The Hall–Kier alpha value is -1.94. The number of rotatable bonds is 1. The summed E-state index contributed by atoms with van der Waals surface area (Å²) >= 11 is 5.75. The van der Waals surface area contributed by atoms with Crippen molar-refractivity contribution in [3.63, 3.8) is 0 Å². The van der Waals surface area contributed by atoms with Crippen LogP contribution >= 0.6 is 11.6 Å². The van der Waals surface area contributed by atoms with Gasteiger partial charge in [-0.05, 0) is 35.9 Å². The summed E-state index contributed by atoms with van der Waals surface area (Å²) in [4.78, 5) is 11.3. The minimum Gasteiger partial charge on any atom is -0.338 e. The van der Waals surface area contributed by atoms with Gasteiger partial charge in [0.05, 0.1) is 6.20 Å². The number of fused-ring (bicyclic) bond motifs is 1. The lowest BCUT2D eigenvalue weighted by Gasteiger charge is -1.96. The van der Waals surface area contributed by atoms with Crippen LogP contribution in [0.25, 0.3) is 22.4 Å². The second-order valence-electron chi connectivity index (χ2n) is 3.62. The molecule has 0 spiro atoms. The summed E-state index contributed by atoms with van der Waals surface area (Å²) in [5, 5.41) is 0.338. The molecule has 2 aromatic heterocycles. The highest BCUT2D eigenvalue weighted by Crippen LogP contribution is 2.22. The van der Waals surface area contributed by atoms with Gasteiger partial charge in [-0.15, -0.1) is 0 Å². The maximum absolute atomic E-state index is 12.8. The number of halogens is 2. The van der Waals surface area contributed by atoms with Gasteiger partial charge in [-0.1, -0.05) is 11.6 Å². The monoisotopic (exact) mass is 247 g/mol. The highest BCUT2D eigenvalue weighted by molar-refractivity contribution is 6.29. The average Bonchev–Trinajstić information content (AvgIpc) is 2.72. The fraction of sp³-hybridized carbons (Fsp3) is 0. The second-order valence-corrected chi connectivity index (χ2v) is 4.00. The second kappa shape index (κ2) is 3.82. The molecule has 0 atom stereocenters. The minimum absolute atomic E-state index is 0.260. The zero-order valence-corrected chi connectivity index (χ0v) is 9.37. The van der Waals surface area contributed by atoms with Crippen molar-refractivity contribution in [3.05, 3.63) is 47.5 Å². The first-order chi connectivity index (χ1) is 8.22. The Morgan fingerprint density at radius 3 is 2.71 bits per heavy atom. The lowest BCUT2D eigenvalue weighted by atomic mass is 10.1. The molecule has 1 N–H and O–H groups in total. The molecule has 3 nitrogen and oxygen atoms in total. The van der Waals surface area contributed by atoms with Gasteiger partial charge in [0.2, 0.25) is 0 Å². The molecule has 0 aliphatic heterocycles. The Kier molecular flexibility index (Phi) is 2.30. The van der Waals surface area contributed by atoms with Crippen LogP contribution in [0.2, 0.25) is 5.15 Å². The number of aromatic amines is 1. The molecule has 0 aliphatic rings. The SMILES string of the molecule is Fc1ccc(-c2cc3ncc(Cl)nc3[nH]2)cc1. The molecule has 17 heavy (non-hydrogen) atoms. The van der Waals surface area contributed by atoms with Gasteiger partial charge in [0.1, 0.15) is 16.5 Å². The van der Waals surface area contributed by atoms with E-state index in [9.17, 15) is 4.39 Å². The third-order valence-corrected chi connectivity index (χ3v) is 2.64. The lowest BCUT2D eigenvalue weighted by Crippen LogP contribution is -1.81. The van der Waals surface area contributed by atoms with E-state index >= 15 is 0 Å². The molecule has 0 saturated heterocycles. The molecular formula is C12H7ClFN3. The van der Waals surface area contributed by atoms with Crippen LogP contribution in [0.3, 0.4) is 0 Å². The van der Waals surface area contributed by atoms with Crippen molar-refractivity contribution in [2.45, 2.75) is 0 Å². The fourth-order valence-electron chi connectivity index (χ4n) is 1.66. The Balaban J connectivity index is 2.14. The van der Waals surface area contributed by atoms with E-state index in [2.05, 4.69) is 15.0 Å². The highest BCUT2D eigenvalue weighted by atomic mass is 35.5. The highest BCUT2D eigenvalue weighted by Gasteiger charge is 2.05. The summed E-state index contributed by atoms with van der Waals surface area (Å²) in [5.74, 6) is -0.260. The van der Waals surface area contributed by atoms with Gasteiger partial charge in [-0.2, -0.15) is 0 Å². The number of nitrogens with zero attached hydrogens (tertiary/aromatic N) is 2. The number of hydrogen-bond acceptors (Lipinski definition) is 2. The van der Waals surface area contributed by atoms with Crippen molar-refractivity contribution in [3.8, 4) is 11.3 Å². The van der Waals surface area contributed by atoms with Gasteiger partial charge in [-0.3, -0.25) is 0 Å². The summed E-state index contributed by atoms with van der Waals surface area (Å²) in [7, 11) is 0. The summed E-state index contributed by atoms with van der Waals surface area (Å²) in [5.41, 5.74) is 3.06. The van der Waals surface area contributed by atoms with Crippen molar-refractivity contribution in [1.82, 2.24) is 15.0 Å². The van der Waals surface area contributed by atoms with Crippen LogP contribution in [0.15, 0.2) is 36.5 Å². The van der Waals surface area contributed by atoms with E-state index in [0.29, 0.717) is 10.8 Å².